The minimum atomic E-state index is -0.923. The summed E-state index contributed by atoms with van der Waals surface area (Å²) in [6.45, 7) is 5.32. The fraction of sp³-hybridized carbons (Fsp3) is 0.227. The molecule has 1 aromatic heterocycles. The fourth-order valence-corrected chi connectivity index (χ4v) is 3.84. The first-order valence-electron chi connectivity index (χ1n) is 8.99. The van der Waals surface area contributed by atoms with E-state index >= 15 is 0 Å². The summed E-state index contributed by atoms with van der Waals surface area (Å²) < 4.78 is 2.01. The standard InChI is InChI=1S/C22H22Cl2N2O2/c1-14-18(12-25-11-16-7-3-5-9-19(16)23)21(22(27)28)15(2)26(14)13-17-8-4-6-10-20(17)24/h3-10,25H,11-13H2,1-2H3,(H,27,28). The van der Waals surface area contributed by atoms with Crippen molar-refractivity contribution in [3.05, 3.63) is 92.2 Å². The smallest absolute Gasteiger partial charge is 0.337 e. The number of halogens is 2. The van der Waals surface area contributed by atoms with E-state index in [0.717, 1.165) is 28.1 Å². The molecule has 0 radical (unpaired) electrons. The largest absolute Gasteiger partial charge is 0.478 e. The number of aromatic carboxylic acids is 1. The third-order valence-electron chi connectivity index (χ3n) is 4.99. The highest BCUT2D eigenvalue weighted by atomic mass is 35.5. The number of carboxylic acid groups (broad SMARTS) is 1. The number of rotatable bonds is 7. The lowest BCUT2D eigenvalue weighted by molar-refractivity contribution is 0.0694. The first-order valence-corrected chi connectivity index (χ1v) is 9.75. The highest BCUT2D eigenvalue weighted by Gasteiger charge is 2.22. The second-order valence-corrected chi connectivity index (χ2v) is 7.52. The van der Waals surface area contributed by atoms with E-state index in [2.05, 4.69) is 5.32 Å². The lowest BCUT2D eigenvalue weighted by Gasteiger charge is -2.11. The van der Waals surface area contributed by atoms with E-state index in [4.69, 9.17) is 23.2 Å². The molecule has 3 aromatic rings. The van der Waals surface area contributed by atoms with Crippen LogP contribution in [0.3, 0.4) is 0 Å². The molecule has 0 saturated heterocycles. The van der Waals surface area contributed by atoms with E-state index < -0.39 is 5.97 Å². The van der Waals surface area contributed by atoms with Gasteiger partial charge in [-0.1, -0.05) is 59.6 Å². The zero-order valence-electron chi connectivity index (χ0n) is 15.8. The van der Waals surface area contributed by atoms with Crippen LogP contribution in [-0.2, 0) is 19.6 Å². The minimum Gasteiger partial charge on any atom is -0.478 e. The molecule has 28 heavy (non-hydrogen) atoms. The predicted molar refractivity (Wildman–Crippen MR) is 113 cm³/mol. The molecule has 0 atom stereocenters. The van der Waals surface area contributed by atoms with Crippen LogP contribution in [0.1, 0.15) is 38.4 Å². The van der Waals surface area contributed by atoms with Crippen molar-refractivity contribution >= 4 is 29.2 Å². The Hall–Kier alpha value is -2.27. The van der Waals surface area contributed by atoms with Crippen LogP contribution in [0.25, 0.3) is 0 Å². The molecule has 3 rings (SSSR count). The molecule has 0 fully saturated rings. The minimum absolute atomic E-state index is 0.344. The number of hydrogen-bond acceptors (Lipinski definition) is 2. The molecule has 6 heteroatoms. The number of benzene rings is 2. The molecule has 0 unspecified atom stereocenters. The van der Waals surface area contributed by atoms with Crippen molar-refractivity contribution in [3.63, 3.8) is 0 Å². The van der Waals surface area contributed by atoms with Crippen molar-refractivity contribution in [1.29, 1.82) is 0 Å². The van der Waals surface area contributed by atoms with Crippen LogP contribution >= 0.6 is 23.2 Å². The molecule has 146 valence electrons. The van der Waals surface area contributed by atoms with E-state index in [-0.39, 0.29) is 0 Å². The van der Waals surface area contributed by atoms with Gasteiger partial charge in [0.25, 0.3) is 0 Å². The summed E-state index contributed by atoms with van der Waals surface area (Å²) in [7, 11) is 0. The summed E-state index contributed by atoms with van der Waals surface area (Å²) in [5, 5.41) is 14.5. The topological polar surface area (TPSA) is 54.3 Å². The van der Waals surface area contributed by atoms with E-state index in [0.29, 0.717) is 35.2 Å². The van der Waals surface area contributed by atoms with Gasteiger partial charge in [-0.05, 0) is 37.1 Å². The Morgan fingerprint density at radius 2 is 1.50 bits per heavy atom. The fourth-order valence-electron chi connectivity index (χ4n) is 3.45. The summed E-state index contributed by atoms with van der Waals surface area (Å²) in [4.78, 5) is 11.9. The molecule has 2 N–H and O–H groups in total. The van der Waals surface area contributed by atoms with Gasteiger partial charge in [-0.25, -0.2) is 4.79 Å². The van der Waals surface area contributed by atoms with Crippen molar-refractivity contribution < 1.29 is 9.90 Å². The molecule has 0 saturated carbocycles. The van der Waals surface area contributed by atoms with Crippen molar-refractivity contribution in [2.24, 2.45) is 0 Å². The van der Waals surface area contributed by atoms with Gasteiger partial charge in [-0.2, -0.15) is 0 Å². The number of nitrogens with one attached hydrogen (secondary N) is 1. The molecule has 0 aliphatic heterocycles. The number of hydrogen-bond donors (Lipinski definition) is 2. The zero-order chi connectivity index (χ0) is 20.3. The Morgan fingerprint density at radius 1 is 0.929 bits per heavy atom. The number of carboxylic acids is 1. The summed E-state index contributed by atoms with van der Waals surface area (Å²) in [6, 6.07) is 15.2. The van der Waals surface area contributed by atoms with Crippen molar-refractivity contribution in [2.45, 2.75) is 33.5 Å². The van der Waals surface area contributed by atoms with Crippen LogP contribution in [0.2, 0.25) is 10.0 Å². The van der Waals surface area contributed by atoms with Gasteiger partial charge in [0.1, 0.15) is 0 Å². The third kappa shape index (κ3) is 4.25. The van der Waals surface area contributed by atoms with Crippen LogP contribution in [-0.4, -0.2) is 15.6 Å². The van der Waals surface area contributed by atoms with Crippen LogP contribution in [0.5, 0.6) is 0 Å². The molecule has 2 aromatic carbocycles. The Balaban J connectivity index is 1.87. The Kier molecular flexibility index (Phi) is 6.45. The number of nitrogens with zero attached hydrogens (tertiary/aromatic N) is 1. The third-order valence-corrected chi connectivity index (χ3v) is 5.72. The first kappa shape index (κ1) is 20.5. The molecular weight excluding hydrogens is 395 g/mol. The maximum Gasteiger partial charge on any atom is 0.337 e. The highest BCUT2D eigenvalue weighted by molar-refractivity contribution is 6.31. The molecule has 1 heterocycles. The molecule has 0 spiro atoms. The molecule has 0 aliphatic rings. The average molecular weight is 417 g/mol. The second kappa shape index (κ2) is 8.82. The normalized spacial score (nSPS) is 11.0. The monoisotopic (exact) mass is 416 g/mol. The van der Waals surface area contributed by atoms with Gasteiger partial charge >= 0.3 is 5.97 Å². The van der Waals surface area contributed by atoms with E-state index in [1.165, 1.54) is 0 Å². The second-order valence-electron chi connectivity index (χ2n) is 6.70. The molecular formula is C22H22Cl2N2O2. The van der Waals surface area contributed by atoms with Crippen LogP contribution in [0.15, 0.2) is 48.5 Å². The summed E-state index contributed by atoms with van der Waals surface area (Å²) in [5.41, 5.74) is 4.70. The molecule has 0 aliphatic carbocycles. The highest BCUT2D eigenvalue weighted by Crippen LogP contribution is 2.26. The van der Waals surface area contributed by atoms with Crippen LogP contribution in [0.4, 0.5) is 0 Å². The lowest BCUT2D eigenvalue weighted by Crippen LogP contribution is -2.15. The van der Waals surface area contributed by atoms with Gasteiger partial charge in [0.2, 0.25) is 0 Å². The SMILES string of the molecule is Cc1c(CNCc2ccccc2Cl)c(C(=O)O)c(C)n1Cc1ccccc1Cl. The summed E-state index contributed by atoms with van der Waals surface area (Å²) in [6.07, 6.45) is 0. The van der Waals surface area contributed by atoms with Crippen LogP contribution in [0, 0.1) is 13.8 Å². The molecule has 0 bridgehead atoms. The summed E-state index contributed by atoms with van der Waals surface area (Å²) >= 11 is 12.5. The van der Waals surface area contributed by atoms with Crippen LogP contribution < -0.4 is 5.32 Å². The Morgan fingerprint density at radius 3 is 2.07 bits per heavy atom. The number of aromatic nitrogens is 1. The predicted octanol–water partition coefficient (Wildman–Crippen LogP) is 5.45. The first-order chi connectivity index (χ1) is 13.4. The molecule has 0 amide bonds. The maximum absolute atomic E-state index is 11.9. The van der Waals surface area contributed by atoms with Gasteiger partial charge in [0.15, 0.2) is 0 Å². The zero-order valence-corrected chi connectivity index (χ0v) is 17.3. The quantitative estimate of drug-likeness (QED) is 0.538. The average Bonchev–Trinajstić information content (AvgIpc) is 2.89. The van der Waals surface area contributed by atoms with E-state index in [9.17, 15) is 9.90 Å². The van der Waals surface area contributed by atoms with Crippen molar-refractivity contribution in [3.8, 4) is 0 Å². The van der Waals surface area contributed by atoms with Gasteiger partial charge in [-0.3, -0.25) is 0 Å². The maximum atomic E-state index is 11.9. The van der Waals surface area contributed by atoms with Crippen molar-refractivity contribution in [2.75, 3.05) is 0 Å². The Bertz CT molecular complexity index is 1010. The van der Waals surface area contributed by atoms with Crippen molar-refractivity contribution in [1.82, 2.24) is 9.88 Å². The van der Waals surface area contributed by atoms with Gasteiger partial charge in [0, 0.05) is 46.6 Å². The van der Waals surface area contributed by atoms with Gasteiger partial charge in [-0.15, -0.1) is 0 Å². The number of carbonyl (C=O) groups is 1. The van der Waals surface area contributed by atoms with Gasteiger partial charge in [0.05, 0.1) is 5.56 Å². The lowest BCUT2D eigenvalue weighted by atomic mass is 10.1. The van der Waals surface area contributed by atoms with E-state index in [1.807, 2.05) is 66.9 Å². The van der Waals surface area contributed by atoms with Gasteiger partial charge < -0.3 is 15.0 Å². The molecule has 4 nitrogen and oxygen atoms in total. The summed E-state index contributed by atoms with van der Waals surface area (Å²) in [5.74, 6) is -0.923. The Labute approximate surface area is 174 Å². The van der Waals surface area contributed by atoms with E-state index in [1.54, 1.807) is 0 Å².